The highest BCUT2D eigenvalue weighted by molar-refractivity contribution is 14.1. The summed E-state index contributed by atoms with van der Waals surface area (Å²) >= 11 is 9.65. The molecule has 1 heterocycles. The van der Waals surface area contributed by atoms with E-state index in [1.165, 1.54) is 4.90 Å². The van der Waals surface area contributed by atoms with E-state index in [0.29, 0.717) is 13.0 Å². The Morgan fingerprint density at radius 3 is 2.17 bits per heavy atom. The van der Waals surface area contributed by atoms with Gasteiger partial charge in [-0.05, 0) is 78.0 Å². The molecule has 1 aromatic carbocycles. The van der Waals surface area contributed by atoms with Crippen LogP contribution in [-0.2, 0) is 14.4 Å². The van der Waals surface area contributed by atoms with Crippen LogP contribution in [0.2, 0.25) is 0 Å². The number of anilines is 1. The highest BCUT2D eigenvalue weighted by Crippen LogP contribution is 2.60. The van der Waals surface area contributed by atoms with Crippen LogP contribution in [0.4, 0.5) is 5.69 Å². The number of alkyl halides is 2. The van der Waals surface area contributed by atoms with Crippen LogP contribution in [0.25, 0.3) is 0 Å². The summed E-state index contributed by atoms with van der Waals surface area (Å²) in [6, 6.07) is 7.70. The fourth-order valence-electron chi connectivity index (χ4n) is 5.12. The number of fused-ring (bicyclic) bond motifs is 5. The number of hydrogen-bond donors (Lipinski definition) is 1. The number of likely N-dealkylation sites (tertiary alicyclic amines) is 1. The van der Waals surface area contributed by atoms with E-state index < -0.39 is 0 Å². The number of rotatable bonds is 7. The highest BCUT2D eigenvalue weighted by Gasteiger charge is 2.66. The average Bonchev–Trinajstić information content (AvgIpc) is 3.29. The Balaban J connectivity index is 1.20. The average molecular weight is 638 g/mol. The summed E-state index contributed by atoms with van der Waals surface area (Å²) in [4.78, 5) is 39.8. The molecule has 1 aliphatic heterocycles. The quantitative estimate of drug-likeness (QED) is 0.206. The molecular formula is C21H23Br2IN2O3. The first-order valence-electron chi connectivity index (χ1n) is 10.1. The standard InChI is InChI=1S/C21H23Br2IN2O3/c22-18-13-10-14(19(18)23)17-16(13)20(28)26(21(17)29)9-3-1-2-4-15(27)25-12-7-5-11(24)6-8-12/h5-8,13-14,16-19H,1-4,9-10H2,(H,25,27)/t13-,14-,16-,17+,18+,19+/m1/s1. The fraction of sp³-hybridized carbons (Fsp3) is 0.571. The number of benzene rings is 1. The first kappa shape index (κ1) is 21.7. The van der Waals surface area contributed by atoms with Crippen molar-refractivity contribution in [3.63, 3.8) is 0 Å². The second-order valence-electron chi connectivity index (χ2n) is 8.20. The van der Waals surface area contributed by atoms with Crippen molar-refractivity contribution in [1.82, 2.24) is 4.90 Å². The molecule has 2 aliphatic carbocycles. The zero-order valence-corrected chi connectivity index (χ0v) is 21.2. The molecule has 1 N–H and O–H groups in total. The van der Waals surface area contributed by atoms with Gasteiger partial charge in [-0.15, -0.1) is 0 Å². The Kier molecular flexibility index (Phi) is 6.70. The number of carbonyl (C=O) groups is 3. The number of hydrogen-bond acceptors (Lipinski definition) is 3. The van der Waals surface area contributed by atoms with Crippen molar-refractivity contribution >= 4 is 77.9 Å². The minimum atomic E-state index is -0.134. The molecule has 0 unspecified atom stereocenters. The number of imide groups is 1. The van der Waals surface area contributed by atoms with Gasteiger partial charge < -0.3 is 5.32 Å². The molecule has 1 aromatic rings. The zero-order chi connectivity index (χ0) is 20.7. The second kappa shape index (κ2) is 8.94. The van der Waals surface area contributed by atoms with Crippen molar-refractivity contribution in [2.75, 3.05) is 11.9 Å². The van der Waals surface area contributed by atoms with Crippen LogP contribution in [0.3, 0.4) is 0 Å². The van der Waals surface area contributed by atoms with Gasteiger partial charge >= 0.3 is 0 Å². The van der Waals surface area contributed by atoms with Gasteiger partial charge in [-0.3, -0.25) is 19.3 Å². The maximum absolute atomic E-state index is 12.8. The molecule has 3 aliphatic rings. The largest absolute Gasteiger partial charge is 0.326 e. The summed E-state index contributed by atoms with van der Waals surface area (Å²) in [5.74, 6) is 0.301. The Morgan fingerprint density at radius 1 is 1.00 bits per heavy atom. The van der Waals surface area contributed by atoms with Crippen LogP contribution in [0.15, 0.2) is 24.3 Å². The van der Waals surface area contributed by atoms with Crippen molar-refractivity contribution in [2.45, 2.75) is 41.8 Å². The van der Waals surface area contributed by atoms with Crippen LogP contribution < -0.4 is 5.32 Å². The smallest absolute Gasteiger partial charge is 0.233 e. The lowest BCUT2D eigenvalue weighted by Gasteiger charge is -2.28. The monoisotopic (exact) mass is 636 g/mol. The van der Waals surface area contributed by atoms with E-state index in [1.807, 2.05) is 24.3 Å². The van der Waals surface area contributed by atoms with Crippen LogP contribution in [0.5, 0.6) is 0 Å². The van der Waals surface area contributed by atoms with Crippen molar-refractivity contribution in [1.29, 1.82) is 0 Å². The van der Waals surface area contributed by atoms with E-state index in [1.54, 1.807) is 0 Å². The molecule has 5 nitrogen and oxygen atoms in total. The molecule has 29 heavy (non-hydrogen) atoms. The molecule has 6 atom stereocenters. The summed E-state index contributed by atoms with van der Waals surface area (Å²) in [5, 5.41) is 2.90. The Morgan fingerprint density at radius 2 is 1.59 bits per heavy atom. The van der Waals surface area contributed by atoms with Crippen LogP contribution in [0.1, 0.15) is 32.1 Å². The van der Waals surface area contributed by atoms with E-state index in [9.17, 15) is 14.4 Å². The molecular weight excluding hydrogens is 615 g/mol. The molecule has 8 heteroatoms. The molecule has 156 valence electrons. The third-order valence-electron chi connectivity index (χ3n) is 6.49. The number of halogens is 3. The van der Waals surface area contributed by atoms with Crippen LogP contribution in [0, 0.1) is 27.2 Å². The normalized spacial score (nSPS) is 32.7. The van der Waals surface area contributed by atoms with E-state index >= 15 is 0 Å². The third kappa shape index (κ3) is 4.18. The van der Waals surface area contributed by atoms with Gasteiger partial charge in [0.15, 0.2) is 0 Å². The maximum Gasteiger partial charge on any atom is 0.233 e. The van der Waals surface area contributed by atoms with Crippen molar-refractivity contribution in [3.8, 4) is 0 Å². The van der Waals surface area contributed by atoms with Crippen LogP contribution in [-0.4, -0.2) is 38.8 Å². The van der Waals surface area contributed by atoms with E-state index in [-0.39, 0.29) is 51.0 Å². The van der Waals surface area contributed by atoms with E-state index in [2.05, 4.69) is 59.8 Å². The molecule has 0 spiro atoms. The molecule has 3 fully saturated rings. The Labute approximate surface area is 201 Å². The lowest BCUT2D eigenvalue weighted by molar-refractivity contribution is -0.140. The maximum atomic E-state index is 12.8. The Bertz CT molecular complexity index is 787. The van der Waals surface area contributed by atoms with E-state index in [4.69, 9.17) is 0 Å². The van der Waals surface area contributed by atoms with Gasteiger partial charge in [-0.25, -0.2) is 0 Å². The lowest BCUT2D eigenvalue weighted by atomic mass is 9.81. The molecule has 3 amide bonds. The van der Waals surface area contributed by atoms with Crippen molar-refractivity contribution in [2.24, 2.45) is 23.7 Å². The van der Waals surface area contributed by atoms with Gasteiger partial charge in [0.25, 0.3) is 0 Å². The van der Waals surface area contributed by atoms with Gasteiger partial charge in [-0.1, -0.05) is 38.3 Å². The highest BCUT2D eigenvalue weighted by atomic mass is 127. The van der Waals surface area contributed by atoms with Crippen molar-refractivity contribution < 1.29 is 14.4 Å². The summed E-state index contributed by atoms with van der Waals surface area (Å²) in [7, 11) is 0. The minimum Gasteiger partial charge on any atom is -0.326 e. The van der Waals surface area contributed by atoms with Gasteiger partial charge in [-0.2, -0.15) is 0 Å². The Hall–Kier alpha value is -0.480. The summed E-state index contributed by atoms with van der Waals surface area (Å²) in [5.41, 5.74) is 0.806. The number of amides is 3. The van der Waals surface area contributed by atoms with Gasteiger partial charge in [0, 0.05) is 31.9 Å². The SMILES string of the molecule is O=C(CCCCCN1C(=O)[C@@H]2[C@H]3C[C@@H]([C@H](Br)[C@H]3Br)[C@@H]2C1=O)Nc1ccc(I)cc1. The van der Waals surface area contributed by atoms with Gasteiger partial charge in [0.1, 0.15) is 0 Å². The summed E-state index contributed by atoms with van der Waals surface area (Å²) in [6.07, 6.45) is 3.72. The molecule has 1 saturated heterocycles. The van der Waals surface area contributed by atoms with Gasteiger partial charge in [0.2, 0.25) is 17.7 Å². The minimum absolute atomic E-state index is 0.00244. The molecule has 2 bridgehead atoms. The summed E-state index contributed by atoms with van der Waals surface area (Å²) in [6.45, 7) is 0.475. The number of nitrogens with zero attached hydrogens (tertiary/aromatic N) is 1. The third-order valence-corrected chi connectivity index (χ3v) is 10.4. The first-order valence-corrected chi connectivity index (χ1v) is 13.0. The first-order chi connectivity index (χ1) is 13.9. The number of unbranched alkanes of at least 4 members (excludes halogenated alkanes) is 2. The molecule has 4 rings (SSSR count). The fourth-order valence-corrected chi connectivity index (χ4v) is 7.35. The molecule has 0 aromatic heterocycles. The lowest BCUT2D eigenvalue weighted by Crippen LogP contribution is -2.37. The topological polar surface area (TPSA) is 66.5 Å². The predicted octanol–water partition coefficient (Wildman–Crippen LogP) is 4.57. The number of carbonyl (C=O) groups excluding carboxylic acids is 3. The van der Waals surface area contributed by atoms with Crippen LogP contribution >= 0.6 is 54.5 Å². The van der Waals surface area contributed by atoms with E-state index in [0.717, 1.165) is 34.9 Å². The summed E-state index contributed by atoms with van der Waals surface area (Å²) < 4.78 is 1.13. The zero-order valence-electron chi connectivity index (χ0n) is 15.8. The molecule has 0 radical (unpaired) electrons. The molecule has 2 saturated carbocycles. The number of nitrogens with one attached hydrogen (secondary N) is 1. The predicted molar refractivity (Wildman–Crippen MR) is 127 cm³/mol. The van der Waals surface area contributed by atoms with Gasteiger partial charge in [0.05, 0.1) is 11.8 Å². The van der Waals surface area contributed by atoms with Crippen molar-refractivity contribution in [3.05, 3.63) is 27.8 Å². The second-order valence-corrected chi connectivity index (χ2v) is 11.6.